The maximum atomic E-state index is 14.0. The van der Waals surface area contributed by atoms with Gasteiger partial charge >= 0.3 is 0 Å². The summed E-state index contributed by atoms with van der Waals surface area (Å²) in [4.78, 5) is 17.6. The molecule has 1 aromatic heterocycles. The Bertz CT molecular complexity index is 890. The summed E-state index contributed by atoms with van der Waals surface area (Å²) in [5, 5.41) is 1.07. The van der Waals surface area contributed by atoms with Gasteiger partial charge in [-0.05, 0) is 29.7 Å². The zero-order valence-electron chi connectivity index (χ0n) is 13.0. The van der Waals surface area contributed by atoms with E-state index in [2.05, 4.69) is 4.98 Å². The fourth-order valence-electron chi connectivity index (χ4n) is 3.12. The Kier molecular flexibility index (Phi) is 3.78. The van der Waals surface area contributed by atoms with Crippen LogP contribution < -0.4 is 0 Å². The fraction of sp³-hybridized carbons (Fsp3) is 0.211. The van der Waals surface area contributed by atoms with Gasteiger partial charge in [0.1, 0.15) is 11.9 Å². The first-order valence-electron chi connectivity index (χ1n) is 7.95. The molecule has 1 fully saturated rings. The van der Waals surface area contributed by atoms with Crippen LogP contribution in [0.1, 0.15) is 22.0 Å². The summed E-state index contributed by atoms with van der Waals surface area (Å²) >= 11 is 0. The van der Waals surface area contributed by atoms with Crippen LogP contribution in [0.5, 0.6) is 0 Å². The third-order valence-corrected chi connectivity index (χ3v) is 4.41. The van der Waals surface area contributed by atoms with Gasteiger partial charge in [-0.15, -0.1) is 0 Å². The van der Waals surface area contributed by atoms with E-state index in [1.807, 2.05) is 30.5 Å². The van der Waals surface area contributed by atoms with Crippen LogP contribution in [0.4, 0.5) is 4.39 Å². The standard InChI is InChI=1S/C19H17FN2O2/c20-16-4-2-1-3-15(16)18-12-22(9-10-24-18)19(23)14-6-5-13-7-8-21-17(13)11-14/h1-8,11,18,21H,9-10,12H2. The molecule has 0 radical (unpaired) electrons. The number of carbonyl (C=O) groups is 1. The number of aromatic nitrogens is 1. The van der Waals surface area contributed by atoms with Crippen LogP contribution in [0.15, 0.2) is 54.7 Å². The SMILES string of the molecule is O=C(c1ccc2cc[nH]c2c1)N1CCOC(c2ccccc2F)C1. The second kappa shape index (κ2) is 6.09. The molecule has 1 aliphatic heterocycles. The molecule has 5 heteroatoms. The lowest BCUT2D eigenvalue weighted by molar-refractivity contribution is -0.0243. The molecule has 0 saturated carbocycles. The summed E-state index contributed by atoms with van der Waals surface area (Å²) in [5.41, 5.74) is 2.05. The first kappa shape index (κ1) is 14.9. The van der Waals surface area contributed by atoms with E-state index in [9.17, 15) is 9.18 Å². The van der Waals surface area contributed by atoms with Crippen LogP contribution in [-0.2, 0) is 4.74 Å². The van der Waals surface area contributed by atoms with Crippen molar-refractivity contribution in [1.82, 2.24) is 9.88 Å². The number of aromatic amines is 1. The molecule has 4 nitrogen and oxygen atoms in total. The number of fused-ring (bicyclic) bond motifs is 1. The number of hydrogen-bond donors (Lipinski definition) is 1. The maximum Gasteiger partial charge on any atom is 0.254 e. The van der Waals surface area contributed by atoms with Crippen LogP contribution in [0.25, 0.3) is 10.9 Å². The van der Waals surface area contributed by atoms with Gasteiger partial charge in [-0.1, -0.05) is 24.3 Å². The van der Waals surface area contributed by atoms with Crippen molar-refractivity contribution in [2.24, 2.45) is 0 Å². The zero-order chi connectivity index (χ0) is 16.5. The first-order valence-corrected chi connectivity index (χ1v) is 7.95. The minimum absolute atomic E-state index is 0.0591. The van der Waals surface area contributed by atoms with Crippen LogP contribution in [0.3, 0.4) is 0 Å². The van der Waals surface area contributed by atoms with Gasteiger partial charge < -0.3 is 14.6 Å². The average molecular weight is 324 g/mol. The summed E-state index contributed by atoms with van der Waals surface area (Å²) in [6.07, 6.45) is 1.42. The number of benzene rings is 2. The Balaban J connectivity index is 1.57. The Morgan fingerprint density at radius 3 is 2.96 bits per heavy atom. The Morgan fingerprint density at radius 2 is 2.08 bits per heavy atom. The van der Waals surface area contributed by atoms with Crippen LogP contribution in [0.2, 0.25) is 0 Å². The molecule has 2 heterocycles. The number of nitrogens with one attached hydrogen (secondary N) is 1. The number of carbonyl (C=O) groups excluding carboxylic acids is 1. The lowest BCUT2D eigenvalue weighted by Crippen LogP contribution is -2.42. The molecule has 1 aliphatic rings. The molecule has 1 saturated heterocycles. The highest BCUT2D eigenvalue weighted by Crippen LogP contribution is 2.26. The lowest BCUT2D eigenvalue weighted by Gasteiger charge is -2.33. The molecule has 122 valence electrons. The van der Waals surface area contributed by atoms with E-state index in [0.29, 0.717) is 30.8 Å². The number of amides is 1. The molecular weight excluding hydrogens is 307 g/mol. The van der Waals surface area contributed by atoms with Gasteiger partial charge in [0, 0.05) is 29.4 Å². The Hall–Kier alpha value is -2.66. The van der Waals surface area contributed by atoms with Crippen molar-refractivity contribution in [3.63, 3.8) is 0 Å². The van der Waals surface area contributed by atoms with E-state index in [1.165, 1.54) is 6.07 Å². The number of morpholine rings is 1. The highest BCUT2D eigenvalue weighted by Gasteiger charge is 2.27. The monoisotopic (exact) mass is 324 g/mol. The lowest BCUT2D eigenvalue weighted by atomic mass is 10.1. The second-order valence-corrected chi connectivity index (χ2v) is 5.91. The van der Waals surface area contributed by atoms with Gasteiger partial charge in [0.2, 0.25) is 0 Å². The molecule has 4 rings (SSSR count). The number of hydrogen-bond acceptors (Lipinski definition) is 2. The smallest absolute Gasteiger partial charge is 0.254 e. The van der Waals surface area contributed by atoms with Crippen molar-refractivity contribution in [3.05, 3.63) is 71.7 Å². The minimum atomic E-state index is -0.432. The predicted octanol–water partition coefficient (Wildman–Crippen LogP) is 3.52. The van der Waals surface area contributed by atoms with Crippen LogP contribution >= 0.6 is 0 Å². The van der Waals surface area contributed by atoms with E-state index >= 15 is 0 Å². The van der Waals surface area contributed by atoms with Crippen LogP contribution in [-0.4, -0.2) is 35.5 Å². The minimum Gasteiger partial charge on any atom is -0.370 e. The van der Waals surface area contributed by atoms with Gasteiger partial charge in [-0.3, -0.25) is 4.79 Å². The molecule has 3 aromatic rings. The summed E-state index contributed by atoms with van der Waals surface area (Å²) in [6, 6.07) is 14.1. The highest BCUT2D eigenvalue weighted by atomic mass is 19.1. The van der Waals surface area contributed by atoms with Crippen molar-refractivity contribution in [2.45, 2.75) is 6.10 Å². The third kappa shape index (κ3) is 2.67. The topological polar surface area (TPSA) is 45.3 Å². The molecule has 0 aliphatic carbocycles. The number of halogens is 1. The van der Waals surface area contributed by atoms with Gasteiger partial charge in [-0.2, -0.15) is 0 Å². The summed E-state index contributed by atoms with van der Waals surface area (Å²) in [7, 11) is 0. The van der Waals surface area contributed by atoms with Gasteiger partial charge in [-0.25, -0.2) is 4.39 Å². The van der Waals surface area contributed by atoms with Crippen molar-refractivity contribution in [2.75, 3.05) is 19.7 Å². The van der Waals surface area contributed by atoms with Crippen molar-refractivity contribution in [3.8, 4) is 0 Å². The average Bonchev–Trinajstić information content (AvgIpc) is 3.09. The summed E-state index contributed by atoms with van der Waals surface area (Å²) in [6.45, 7) is 1.25. The molecule has 0 bridgehead atoms. The molecular formula is C19H17FN2O2. The molecule has 2 aromatic carbocycles. The predicted molar refractivity (Wildman–Crippen MR) is 89.3 cm³/mol. The van der Waals surface area contributed by atoms with Crippen LogP contribution in [0, 0.1) is 5.82 Å². The maximum absolute atomic E-state index is 14.0. The van der Waals surface area contributed by atoms with E-state index in [1.54, 1.807) is 23.1 Å². The van der Waals surface area contributed by atoms with Gasteiger partial charge in [0.25, 0.3) is 5.91 Å². The molecule has 1 N–H and O–H groups in total. The van der Waals surface area contributed by atoms with E-state index in [0.717, 1.165) is 10.9 Å². The molecule has 24 heavy (non-hydrogen) atoms. The van der Waals surface area contributed by atoms with E-state index < -0.39 is 6.10 Å². The first-order chi connectivity index (χ1) is 11.7. The van der Waals surface area contributed by atoms with Crippen molar-refractivity contribution in [1.29, 1.82) is 0 Å². The Labute approximate surface area is 138 Å². The van der Waals surface area contributed by atoms with Crippen molar-refractivity contribution >= 4 is 16.8 Å². The number of nitrogens with zero attached hydrogens (tertiary/aromatic N) is 1. The summed E-state index contributed by atoms with van der Waals surface area (Å²) < 4.78 is 19.7. The number of rotatable bonds is 2. The molecule has 1 atom stereocenters. The van der Waals surface area contributed by atoms with Gasteiger partial charge in [0.05, 0.1) is 13.2 Å². The van der Waals surface area contributed by atoms with E-state index in [4.69, 9.17) is 4.74 Å². The Morgan fingerprint density at radius 1 is 1.21 bits per heavy atom. The fourth-order valence-corrected chi connectivity index (χ4v) is 3.12. The number of ether oxygens (including phenoxy) is 1. The second-order valence-electron chi connectivity index (χ2n) is 5.91. The largest absolute Gasteiger partial charge is 0.370 e. The van der Waals surface area contributed by atoms with Crippen molar-refractivity contribution < 1.29 is 13.9 Å². The normalized spacial score (nSPS) is 18.0. The molecule has 0 spiro atoms. The number of H-pyrrole nitrogens is 1. The van der Waals surface area contributed by atoms with Gasteiger partial charge in [0.15, 0.2) is 0 Å². The third-order valence-electron chi connectivity index (χ3n) is 4.41. The highest BCUT2D eigenvalue weighted by molar-refractivity contribution is 5.98. The zero-order valence-corrected chi connectivity index (χ0v) is 13.0. The quantitative estimate of drug-likeness (QED) is 0.784. The molecule has 1 unspecified atom stereocenters. The summed E-state index contributed by atoms with van der Waals surface area (Å²) in [5.74, 6) is -0.360. The van der Waals surface area contributed by atoms with E-state index in [-0.39, 0.29) is 11.7 Å². The molecule has 1 amide bonds.